The molecular weight excluding hydrogens is 298 g/mol. The van der Waals surface area contributed by atoms with Gasteiger partial charge in [0.25, 0.3) is 0 Å². The zero-order chi connectivity index (χ0) is 16.1. The maximum Gasteiger partial charge on any atom is 0.333 e. The normalized spacial score (nSPS) is 17.0. The van der Waals surface area contributed by atoms with Gasteiger partial charge in [0.15, 0.2) is 0 Å². The van der Waals surface area contributed by atoms with Crippen molar-refractivity contribution >= 4 is 16.4 Å². The van der Waals surface area contributed by atoms with Gasteiger partial charge in [0.1, 0.15) is 6.10 Å². The van der Waals surface area contributed by atoms with Crippen LogP contribution < -0.4 is 6.15 Å². The van der Waals surface area contributed by atoms with E-state index < -0.39 is 34.0 Å². The third-order valence-electron chi connectivity index (χ3n) is 3.52. The molecule has 0 aliphatic rings. The highest BCUT2D eigenvalue weighted by atomic mass is 32.3. The zero-order valence-corrected chi connectivity index (χ0v) is 14.5. The second-order valence-electron chi connectivity index (χ2n) is 5.08. The SMILES string of the molecule is C=C(C)C(=O)OC(CC)C(C)C(C)(CC)OS(=O)(=O)[O-].[NH4+]. The maximum atomic E-state index is 11.6. The summed E-state index contributed by atoms with van der Waals surface area (Å²) in [5.74, 6) is -1.02. The molecular formula is C13H27NO6S. The van der Waals surface area contributed by atoms with Crippen molar-refractivity contribution in [3.8, 4) is 0 Å². The number of quaternary nitrogens is 1. The summed E-state index contributed by atoms with van der Waals surface area (Å²) in [5.41, 5.74) is -0.970. The Morgan fingerprint density at radius 2 is 1.86 bits per heavy atom. The van der Waals surface area contributed by atoms with Gasteiger partial charge in [0, 0.05) is 11.5 Å². The average Bonchev–Trinajstić information content (AvgIpc) is 2.32. The van der Waals surface area contributed by atoms with Crippen LogP contribution >= 0.6 is 0 Å². The van der Waals surface area contributed by atoms with E-state index in [1.807, 2.05) is 0 Å². The van der Waals surface area contributed by atoms with Crippen molar-refractivity contribution < 1.29 is 26.7 Å². The van der Waals surface area contributed by atoms with E-state index in [2.05, 4.69) is 10.8 Å². The summed E-state index contributed by atoms with van der Waals surface area (Å²) < 4.78 is 42.5. The minimum absolute atomic E-state index is 0. The average molecular weight is 325 g/mol. The number of hydrogen-bond acceptors (Lipinski definition) is 6. The molecule has 0 aliphatic carbocycles. The lowest BCUT2D eigenvalue weighted by molar-refractivity contribution is -0.151. The van der Waals surface area contributed by atoms with Gasteiger partial charge in [-0.2, -0.15) is 0 Å². The Bertz CT molecular complexity index is 461. The number of carbonyl (C=O) groups excluding carboxylic acids is 1. The van der Waals surface area contributed by atoms with E-state index in [-0.39, 0.29) is 18.1 Å². The van der Waals surface area contributed by atoms with Crippen LogP contribution in [0, 0.1) is 5.92 Å². The lowest BCUT2D eigenvalue weighted by Gasteiger charge is -2.38. The molecule has 126 valence electrons. The molecule has 0 bridgehead atoms. The number of carbonyl (C=O) groups is 1. The summed E-state index contributed by atoms with van der Waals surface area (Å²) in [5, 5.41) is 0. The van der Waals surface area contributed by atoms with Gasteiger partial charge in [-0.05, 0) is 26.7 Å². The van der Waals surface area contributed by atoms with E-state index in [1.165, 1.54) is 13.8 Å². The Hall–Kier alpha value is -0.960. The molecule has 0 radical (unpaired) electrons. The molecule has 3 unspecified atom stereocenters. The van der Waals surface area contributed by atoms with E-state index in [1.54, 1.807) is 20.8 Å². The van der Waals surface area contributed by atoms with Crippen LogP contribution in [-0.4, -0.2) is 30.6 Å². The van der Waals surface area contributed by atoms with E-state index in [0.29, 0.717) is 6.42 Å². The van der Waals surface area contributed by atoms with Crippen LogP contribution in [0.15, 0.2) is 12.2 Å². The molecule has 0 aromatic carbocycles. The number of esters is 1. The van der Waals surface area contributed by atoms with Gasteiger partial charge in [-0.1, -0.05) is 27.4 Å². The molecule has 0 heterocycles. The highest BCUT2D eigenvalue weighted by Gasteiger charge is 2.39. The van der Waals surface area contributed by atoms with Crippen molar-refractivity contribution in [1.82, 2.24) is 6.15 Å². The molecule has 0 rings (SSSR count). The Labute approximate surface area is 127 Å². The standard InChI is InChI=1S/C13H24O6S.H3N/c1-7-11(18-12(14)9(3)4)10(5)13(6,8-2)19-20(15,16)17;/h10-11H,3,7-8H2,1-2,4-6H3,(H,15,16,17);1H3. The Balaban J connectivity index is 0. The van der Waals surface area contributed by atoms with Gasteiger partial charge >= 0.3 is 5.97 Å². The summed E-state index contributed by atoms with van der Waals surface area (Å²) in [6.07, 6.45) is 0.195. The van der Waals surface area contributed by atoms with Crippen molar-refractivity contribution in [3.63, 3.8) is 0 Å². The van der Waals surface area contributed by atoms with E-state index in [4.69, 9.17) is 4.74 Å². The molecule has 3 atom stereocenters. The smallest absolute Gasteiger partial charge is 0.333 e. The van der Waals surface area contributed by atoms with Crippen molar-refractivity contribution in [2.45, 2.75) is 59.2 Å². The molecule has 0 fully saturated rings. The zero-order valence-electron chi connectivity index (χ0n) is 13.6. The fraction of sp³-hybridized carbons (Fsp3) is 0.769. The summed E-state index contributed by atoms with van der Waals surface area (Å²) in [6.45, 7) is 11.7. The highest BCUT2D eigenvalue weighted by molar-refractivity contribution is 7.80. The maximum absolute atomic E-state index is 11.6. The Morgan fingerprint density at radius 1 is 1.38 bits per heavy atom. The first-order valence-electron chi connectivity index (χ1n) is 6.49. The van der Waals surface area contributed by atoms with Gasteiger partial charge in [-0.25, -0.2) is 13.2 Å². The molecule has 0 saturated carbocycles. The van der Waals surface area contributed by atoms with Crippen molar-refractivity contribution in [2.75, 3.05) is 0 Å². The third-order valence-corrected chi connectivity index (χ3v) is 4.11. The fourth-order valence-corrected chi connectivity index (χ4v) is 2.60. The van der Waals surface area contributed by atoms with Crippen molar-refractivity contribution in [2.24, 2.45) is 5.92 Å². The largest absolute Gasteiger partial charge is 0.726 e. The summed E-state index contributed by atoms with van der Waals surface area (Å²) in [4.78, 5) is 11.6. The topological polar surface area (TPSA) is 129 Å². The predicted octanol–water partition coefficient (Wildman–Crippen LogP) is 2.54. The second-order valence-corrected chi connectivity index (χ2v) is 6.06. The number of hydrogen-bond donors (Lipinski definition) is 1. The molecule has 0 aromatic heterocycles. The molecule has 0 spiro atoms. The van der Waals surface area contributed by atoms with Gasteiger partial charge in [0.05, 0.1) is 5.60 Å². The van der Waals surface area contributed by atoms with Crippen LogP contribution in [0.25, 0.3) is 0 Å². The lowest BCUT2D eigenvalue weighted by atomic mass is 9.83. The van der Waals surface area contributed by atoms with Crippen LogP contribution in [0.4, 0.5) is 0 Å². The molecule has 0 aromatic rings. The van der Waals surface area contributed by atoms with E-state index in [9.17, 15) is 17.8 Å². The lowest BCUT2D eigenvalue weighted by Crippen LogP contribution is -2.44. The molecule has 0 aliphatic heterocycles. The van der Waals surface area contributed by atoms with Gasteiger partial charge in [-0.3, -0.25) is 4.18 Å². The molecule has 21 heavy (non-hydrogen) atoms. The molecule has 0 saturated heterocycles. The Kier molecular flexibility index (Phi) is 9.01. The summed E-state index contributed by atoms with van der Waals surface area (Å²) in [7, 11) is -4.83. The van der Waals surface area contributed by atoms with Crippen LogP contribution in [0.2, 0.25) is 0 Å². The quantitative estimate of drug-likeness (QED) is 0.316. The van der Waals surface area contributed by atoms with E-state index in [0.717, 1.165) is 0 Å². The first kappa shape index (κ1) is 22.3. The van der Waals surface area contributed by atoms with Crippen molar-refractivity contribution in [3.05, 3.63) is 12.2 Å². The van der Waals surface area contributed by atoms with Crippen LogP contribution in [0.1, 0.15) is 47.5 Å². The monoisotopic (exact) mass is 325 g/mol. The van der Waals surface area contributed by atoms with Gasteiger partial charge in [-0.15, -0.1) is 0 Å². The first-order valence-corrected chi connectivity index (χ1v) is 7.83. The van der Waals surface area contributed by atoms with Crippen molar-refractivity contribution in [1.29, 1.82) is 0 Å². The number of ether oxygens (including phenoxy) is 1. The van der Waals surface area contributed by atoms with Crippen LogP contribution in [0.5, 0.6) is 0 Å². The Morgan fingerprint density at radius 3 is 2.14 bits per heavy atom. The highest BCUT2D eigenvalue weighted by Crippen LogP contribution is 2.32. The summed E-state index contributed by atoms with van der Waals surface area (Å²) in [6, 6.07) is 0. The molecule has 0 amide bonds. The van der Waals surface area contributed by atoms with Gasteiger partial charge in [0.2, 0.25) is 10.4 Å². The van der Waals surface area contributed by atoms with Crippen LogP contribution in [0.3, 0.4) is 0 Å². The minimum Gasteiger partial charge on any atom is -0.726 e. The second kappa shape index (κ2) is 8.47. The van der Waals surface area contributed by atoms with Gasteiger partial charge < -0.3 is 15.4 Å². The predicted molar refractivity (Wildman–Crippen MR) is 79.6 cm³/mol. The summed E-state index contributed by atoms with van der Waals surface area (Å²) >= 11 is 0. The number of rotatable bonds is 8. The molecule has 8 heteroatoms. The van der Waals surface area contributed by atoms with Crippen LogP contribution in [-0.2, 0) is 24.1 Å². The molecule has 7 nitrogen and oxygen atoms in total. The third kappa shape index (κ3) is 7.03. The van der Waals surface area contributed by atoms with E-state index >= 15 is 0 Å². The fourth-order valence-electron chi connectivity index (χ4n) is 1.86. The molecule has 4 N–H and O–H groups in total. The first-order chi connectivity index (χ1) is 8.96. The minimum atomic E-state index is -4.83.